The number of hydrogen-bond donors (Lipinski definition) is 1. The molecule has 8 nitrogen and oxygen atoms in total. The first-order valence-electron chi connectivity index (χ1n) is 11.7. The van der Waals surface area contributed by atoms with Gasteiger partial charge in [-0.05, 0) is 61.4 Å². The zero-order valence-electron chi connectivity index (χ0n) is 19.7. The number of amides is 3. The number of benzene rings is 2. The predicted octanol–water partition coefficient (Wildman–Crippen LogP) is 4.55. The smallest absolute Gasteiger partial charge is 0.290 e. The van der Waals surface area contributed by atoms with E-state index in [0.29, 0.717) is 17.2 Å². The van der Waals surface area contributed by atoms with Crippen molar-refractivity contribution in [1.29, 1.82) is 0 Å². The third kappa shape index (κ3) is 6.50. The van der Waals surface area contributed by atoms with E-state index in [9.17, 15) is 14.4 Å². The number of carbonyl (C=O) groups is 3. The van der Waals surface area contributed by atoms with Gasteiger partial charge in [0, 0.05) is 18.8 Å². The monoisotopic (exact) mass is 475 g/mol. The Hall–Kier alpha value is -4.07. The van der Waals surface area contributed by atoms with Crippen molar-refractivity contribution in [2.24, 2.45) is 0 Å². The molecule has 0 bridgehead atoms. The van der Waals surface area contributed by atoms with E-state index in [-0.39, 0.29) is 30.8 Å². The van der Waals surface area contributed by atoms with Crippen LogP contribution in [0.25, 0.3) is 0 Å². The summed E-state index contributed by atoms with van der Waals surface area (Å²) < 4.78 is 11.0. The second-order valence-corrected chi connectivity index (χ2v) is 8.57. The zero-order valence-corrected chi connectivity index (χ0v) is 19.7. The fourth-order valence-electron chi connectivity index (χ4n) is 4.13. The van der Waals surface area contributed by atoms with Crippen LogP contribution in [0.1, 0.15) is 36.2 Å². The average molecular weight is 476 g/mol. The molecule has 3 amide bonds. The van der Waals surface area contributed by atoms with Crippen molar-refractivity contribution in [3.63, 3.8) is 0 Å². The molecule has 0 unspecified atom stereocenters. The van der Waals surface area contributed by atoms with E-state index in [1.54, 1.807) is 42.3 Å². The van der Waals surface area contributed by atoms with Gasteiger partial charge in [-0.15, -0.1) is 0 Å². The Kier molecular flexibility index (Phi) is 7.82. The number of nitrogens with zero attached hydrogens (tertiary/aromatic N) is 2. The lowest BCUT2D eigenvalue weighted by Crippen LogP contribution is -2.46. The lowest BCUT2D eigenvalue weighted by atomic mass is 10.2. The van der Waals surface area contributed by atoms with Crippen molar-refractivity contribution >= 4 is 23.4 Å². The molecule has 0 atom stereocenters. The van der Waals surface area contributed by atoms with E-state index in [1.165, 1.54) is 17.2 Å². The molecule has 1 heterocycles. The van der Waals surface area contributed by atoms with Gasteiger partial charge in [0.1, 0.15) is 24.6 Å². The van der Waals surface area contributed by atoms with Crippen molar-refractivity contribution in [3.8, 4) is 11.5 Å². The lowest BCUT2D eigenvalue weighted by molar-refractivity contribution is -0.132. The van der Waals surface area contributed by atoms with Gasteiger partial charge in [-0.1, -0.05) is 31.0 Å². The molecule has 1 aromatic heterocycles. The number of likely N-dealkylation sites (N-methyl/N-ethyl adjacent to an activating group) is 1. The maximum Gasteiger partial charge on any atom is 0.290 e. The summed E-state index contributed by atoms with van der Waals surface area (Å²) in [6, 6.07) is 19.6. The zero-order chi connectivity index (χ0) is 24.6. The first-order chi connectivity index (χ1) is 17.0. The van der Waals surface area contributed by atoms with Crippen molar-refractivity contribution in [2.45, 2.75) is 31.7 Å². The Morgan fingerprint density at radius 3 is 2.26 bits per heavy atom. The molecule has 182 valence electrons. The second kappa shape index (κ2) is 11.4. The van der Waals surface area contributed by atoms with Gasteiger partial charge in [-0.2, -0.15) is 0 Å². The highest BCUT2D eigenvalue weighted by molar-refractivity contribution is 5.99. The molecular weight excluding hydrogens is 446 g/mol. The molecule has 0 spiro atoms. The minimum atomic E-state index is -0.509. The van der Waals surface area contributed by atoms with Crippen molar-refractivity contribution in [1.82, 2.24) is 9.80 Å². The fourth-order valence-corrected chi connectivity index (χ4v) is 4.13. The van der Waals surface area contributed by atoms with Gasteiger partial charge in [0.05, 0.1) is 6.26 Å². The number of rotatable bonds is 9. The third-order valence-electron chi connectivity index (χ3n) is 6.06. The molecule has 2 aromatic carbocycles. The van der Waals surface area contributed by atoms with Crippen LogP contribution in [-0.2, 0) is 9.59 Å². The van der Waals surface area contributed by atoms with Crippen LogP contribution in [0.4, 0.5) is 5.69 Å². The van der Waals surface area contributed by atoms with E-state index in [1.807, 2.05) is 30.3 Å². The Morgan fingerprint density at radius 1 is 0.914 bits per heavy atom. The van der Waals surface area contributed by atoms with Crippen LogP contribution < -0.4 is 10.1 Å². The normalized spacial score (nSPS) is 13.3. The Balaban J connectivity index is 1.38. The van der Waals surface area contributed by atoms with Gasteiger partial charge in [0.25, 0.3) is 5.91 Å². The minimum absolute atomic E-state index is 0.0801. The summed E-state index contributed by atoms with van der Waals surface area (Å²) >= 11 is 0. The number of furan rings is 1. The van der Waals surface area contributed by atoms with Crippen molar-refractivity contribution < 1.29 is 23.5 Å². The molecule has 1 aliphatic rings. The Bertz CT molecular complexity index is 1120. The average Bonchev–Trinajstić information content (AvgIpc) is 3.59. The molecule has 35 heavy (non-hydrogen) atoms. The summed E-state index contributed by atoms with van der Waals surface area (Å²) in [5.41, 5.74) is 0.551. The number of para-hydroxylation sites is 1. The van der Waals surface area contributed by atoms with E-state index >= 15 is 0 Å². The summed E-state index contributed by atoms with van der Waals surface area (Å²) in [7, 11) is 1.76. The number of anilines is 1. The topological polar surface area (TPSA) is 92.1 Å². The first kappa shape index (κ1) is 24.1. The third-order valence-corrected chi connectivity index (χ3v) is 6.06. The number of carbonyl (C=O) groups excluding carboxylic acids is 3. The molecule has 8 heteroatoms. The van der Waals surface area contributed by atoms with E-state index in [0.717, 1.165) is 25.7 Å². The molecule has 0 saturated heterocycles. The standard InChI is InChI=1S/C27H29N3O5/c1-29(21-8-5-6-9-21)26(32)19-30(27(33)24-12-7-17-34-24)18-25(31)28-20-13-15-23(16-14-20)35-22-10-3-2-4-11-22/h2-4,7,10-17,21H,5-6,8-9,18-19H2,1H3,(H,28,31). The summed E-state index contributed by atoms with van der Waals surface area (Å²) in [5, 5.41) is 2.78. The molecule has 4 rings (SSSR count). The quantitative estimate of drug-likeness (QED) is 0.490. The Labute approximate surface area is 204 Å². The van der Waals surface area contributed by atoms with E-state index in [2.05, 4.69) is 5.32 Å². The second-order valence-electron chi connectivity index (χ2n) is 8.57. The molecular formula is C27H29N3O5. The van der Waals surface area contributed by atoms with Crippen molar-refractivity contribution in [2.75, 3.05) is 25.5 Å². The molecule has 0 aliphatic heterocycles. The van der Waals surface area contributed by atoms with Crippen LogP contribution >= 0.6 is 0 Å². The number of ether oxygens (including phenoxy) is 1. The molecule has 1 N–H and O–H groups in total. The van der Waals surface area contributed by atoms with Crippen LogP contribution in [-0.4, -0.2) is 53.7 Å². The van der Waals surface area contributed by atoms with Gasteiger partial charge < -0.3 is 24.3 Å². The highest BCUT2D eigenvalue weighted by Gasteiger charge is 2.28. The molecule has 3 aromatic rings. The van der Waals surface area contributed by atoms with E-state index in [4.69, 9.17) is 9.15 Å². The molecule has 1 aliphatic carbocycles. The van der Waals surface area contributed by atoms with Crippen LogP contribution in [0.2, 0.25) is 0 Å². The van der Waals surface area contributed by atoms with Crippen LogP contribution in [0, 0.1) is 0 Å². The maximum atomic E-state index is 13.0. The molecule has 1 fully saturated rings. The Morgan fingerprint density at radius 2 is 1.60 bits per heavy atom. The maximum absolute atomic E-state index is 13.0. The van der Waals surface area contributed by atoms with Gasteiger partial charge in [-0.25, -0.2) is 0 Å². The predicted molar refractivity (Wildman–Crippen MR) is 131 cm³/mol. The highest BCUT2D eigenvalue weighted by Crippen LogP contribution is 2.24. The summed E-state index contributed by atoms with van der Waals surface area (Å²) in [4.78, 5) is 41.6. The van der Waals surface area contributed by atoms with E-state index < -0.39 is 11.8 Å². The van der Waals surface area contributed by atoms with Crippen LogP contribution in [0.3, 0.4) is 0 Å². The SMILES string of the molecule is CN(C(=O)CN(CC(=O)Nc1ccc(Oc2ccccc2)cc1)C(=O)c1ccco1)C1CCCC1. The van der Waals surface area contributed by atoms with Gasteiger partial charge >= 0.3 is 0 Å². The van der Waals surface area contributed by atoms with Crippen LogP contribution in [0.15, 0.2) is 77.4 Å². The highest BCUT2D eigenvalue weighted by atomic mass is 16.5. The fraction of sp³-hybridized carbons (Fsp3) is 0.296. The molecule has 0 radical (unpaired) electrons. The lowest BCUT2D eigenvalue weighted by Gasteiger charge is -2.28. The largest absolute Gasteiger partial charge is 0.459 e. The number of nitrogens with one attached hydrogen (secondary N) is 1. The number of hydrogen-bond acceptors (Lipinski definition) is 5. The minimum Gasteiger partial charge on any atom is -0.459 e. The first-order valence-corrected chi connectivity index (χ1v) is 11.7. The van der Waals surface area contributed by atoms with Gasteiger partial charge in [-0.3, -0.25) is 14.4 Å². The van der Waals surface area contributed by atoms with Crippen molar-refractivity contribution in [3.05, 3.63) is 78.8 Å². The summed E-state index contributed by atoms with van der Waals surface area (Å²) in [6.07, 6.45) is 5.48. The van der Waals surface area contributed by atoms with Crippen LogP contribution in [0.5, 0.6) is 11.5 Å². The van der Waals surface area contributed by atoms with Gasteiger partial charge in [0.2, 0.25) is 11.8 Å². The molecule has 1 saturated carbocycles. The summed E-state index contributed by atoms with van der Waals surface area (Å²) in [6.45, 7) is -0.490. The summed E-state index contributed by atoms with van der Waals surface area (Å²) in [5.74, 6) is 0.291. The van der Waals surface area contributed by atoms with Gasteiger partial charge in [0.15, 0.2) is 5.76 Å².